The Balaban J connectivity index is 0.000000131. The van der Waals surface area contributed by atoms with Crippen LogP contribution in [0.15, 0.2) is 48.5 Å². The Morgan fingerprint density at radius 2 is 1.09 bits per heavy atom. The van der Waals surface area contributed by atoms with Crippen molar-refractivity contribution in [2.75, 3.05) is 13.1 Å². The fraction of sp³-hybridized carbons (Fsp3) is 0.571. The number of cyclic esters (lactones) is 2. The first-order valence-corrected chi connectivity index (χ1v) is 19.4. The molecule has 11 nitrogen and oxygen atoms in total. The van der Waals surface area contributed by atoms with Crippen molar-refractivity contribution < 1.29 is 33.5 Å². The summed E-state index contributed by atoms with van der Waals surface area (Å²) in [6, 6.07) is 17.5. The lowest BCUT2D eigenvalue weighted by Gasteiger charge is -2.71. The second kappa shape index (κ2) is 12.9. The molecule has 53 heavy (non-hydrogen) atoms. The van der Waals surface area contributed by atoms with Crippen molar-refractivity contribution in [3.63, 3.8) is 0 Å². The van der Waals surface area contributed by atoms with Crippen LogP contribution in [-0.2, 0) is 33.5 Å². The van der Waals surface area contributed by atoms with Gasteiger partial charge in [-0.05, 0) is 89.2 Å². The van der Waals surface area contributed by atoms with Crippen LogP contribution >= 0.6 is 0 Å². The SMILES string of the molecule is Cc1cccc(C2CCCN2C(=O)C23CC(N)(C2)C3)c1.Cc1cccc(C2CCCN2C(=O)C23CC(N4C(=O)CCC4=O)(C2)C3)c1.O=C1CCC(=O)O1. The molecule has 10 aliphatic rings. The van der Waals surface area contributed by atoms with E-state index in [2.05, 4.69) is 76.9 Å². The molecule has 280 valence electrons. The standard InChI is InChI=1S/C21H24N2O3.C17H22N2O.C4H4O3/c1-14-4-2-5-15(10-14)16-6-3-9-22(16)19(26)20-11-21(12-20,13-20)23-17(24)7-8-18(23)25;1-12-4-2-5-13(8-12)14-6-3-7-19(14)15(20)16-9-17(18,10-16)11-16;5-3-1-2-4(6)7-3/h2,4-5,10,16H,3,6-9,11-13H2,1H3;2,4-5,8,14H,3,6-7,9-11,18H2,1H3;1-2H2. The third-order valence-electron chi connectivity index (χ3n) is 13.1. The van der Waals surface area contributed by atoms with E-state index in [1.807, 2.05) is 0 Å². The van der Waals surface area contributed by atoms with Gasteiger partial charge in [0.05, 0.1) is 41.3 Å². The van der Waals surface area contributed by atoms with Crippen LogP contribution in [0.2, 0.25) is 0 Å². The van der Waals surface area contributed by atoms with E-state index in [1.54, 1.807) is 0 Å². The van der Waals surface area contributed by atoms with Gasteiger partial charge in [0.1, 0.15) is 0 Å². The molecule has 2 N–H and O–H groups in total. The van der Waals surface area contributed by atoms with E-state index in [9.17, 15) is 28.8 Å². The van der Waals surface area contributed by atoms with Crippen molar-refractivity contribution in [1.29, 1.82) is 0 Å². The molecule has 2 aromatic carbocycles. The van der Waals surface area contributed by atoms with E-state index < -0.39 is 11.9 Å². The Morgan fingerprint density at radius 1 is 0.660 bits per heavy atom. The van der Waals surface area contributed by atoms with Crippen LogP contribution in [0.5, 0.6) is 0 Å². The van der Waals surface area contributed by atoms with Gasteiger partial charge in [-0.15, -0.1) is 0 Å². The molecule has 2 unspecified atom stereocenters. The van der Waals surface area contributed by atoms with Gasteiger partial charge in [-0.2, -0.15) is 0 Å². The highest BCUT2D eigenvalue weighted by Gasteiger charge is 2.76. The number of carbonyl (C=O) groups excluding carboxylic acids is 6. The van der Waals surface area contributed by atoms with Gasteiger partial charge in [-0.1, -0.05) is 59.7 Å². The summed E-state index contributed by atoms with van der Waals surface area (Å²) in [6.45, 7) is 5.92. The van der Waals surface area contributed by atoms with Gasteiger partial charge >= 0.3 is 11.9 Å². The Bertz CT molecular complexity index is 1830. The van der Waals surface area contributed by atoms with Crippen molar-refractivity contribution in [2.45, 2.75) is 127 Å². The maximum Gasteiger partial charge on any atom is 0.314 e. The Kier molecular flexibility index (Phi) is 8.67. The monoisotopic (exact) mass is 722 g/mol. The Morgan fingerprint density at radius 3 is 1.47 bits per heavy atom. The molecule has 6 saturated carbocycles. The minimum atomic E-state index is -0.398. The number of hydrogen-bond donors (Lipinski definition) is 1. The first kappa shape index (κ1) is 35.6. The van der Waals surface area contributed by atoms with Crippen LogP contribution < -0.4 is 5.73 Å². The molecule has 2 aromatic rings. The fourth-order valence-corrected chi connectivity index (χ4v) is 10.9. The average molecular weight is 723 g/mol. The maximum absolute atomic E-state index is 13.3. The predicted octanol–water partition coefficient (Wildman–Crippen LogP) is 5.12. The van der Waals surface area contributed by atoms with Crippen molar-refractivity contribution in [3.8, 4) is 0 Å². The molecule has 2 atom stereocenters. The molecule has 11 heteroatoms. The molecular formula is C42H50N4O7. The number of hydrogen-bond acceptors (Lipinski definition) is 8. The minimum Gasteiger partial charge on any atom is -0.393 e. The number of amides is 4. The average Bonchev–Trinajstić information content (AvgIpc) is 3.88. The van der Waals surface area contributed by atoms with Crippen LogP contribution in [0.4, 0.5) is 0 Å². The number of rotatable bonds is 5. The molecule has 4 heterocycles. The quantitative estimate of drug-likeness (QED) is 0.254. The summed E-state index contributed by atoms with van der Waals surface area (Å²) in [5.74, 6) is -0.282. The summed E-state index contributed by atoms with van der Waals surface area (Å²) in [5, 5.41) is 0. The zero-order valence-electron chi connectivity index (χ0n) is 30.9. The molecule has 12 rings (SSSR count). The summed E-state index contributed by atoms with van der Waals surface area (Å²) in [7, 11) is 0. The van der Waals surface area contributed by atoms with Gasteiger partial charge in [0, 0.05) is 31.5 Å². The molecule has 6 aliphatic carbocycles. The molecule has 10 fully saturated rings. The molecule has 4 saturated heterocycles. The maximum atomic E-state index is 13.3. The lowest BCUT2D eigenvalue weighted by Crippen LogP contribution is -2.79. The van der Waals surface area contributed by atoms with E-state index in [0.29, 0.717) is 38.0 Å². The number of esters is 2. The van der Waals surface area contributed by atoms with Gasteiger partial charge in [-0.25, -0.2) is 0 Å². The number of carbonyl (C=O) groups is 6. The van der Waals surface area contributed by atoms with Crippen LogP contribution in [0.25, 0.3) is 0 Å². The molecule has 0 aromatic heterocycles. The zero-order valence-corrected chi connectivity index (χ0v) is 30.9. The summed E-state index contributed by atoms with van der Waals surface area (Å²) >= 11 is 0. The number of likely N-dealkylation sites (tertiary alicyclic amines) is 3. The van der Waals surface area contributed by atoms with Crippen LogP contribution in [0.1, 0.15) is 124 Å². The third-order valence-corrected chi connectivity index (χ3v) is 13.1. The fourth-order valence-electron chi connectivity index (χ4n) is 10.9. The van der Waals surface area contributed by atoms with E-state index in [4.69, 9.17) is 5.73 Å². The van der Waals surface area contributed by atoms with Gasteiger partial charge in [0.2, 0.25) is 23.6 Å². The number of benzene rings is 2. The number of aryl methyl sites for hydroxylation is 2. The number of imide groups is 1. The summed E-state index contributed by atoms with van der Waals surface area (Å²) < 4.78 is 4.08. The zero-order chi connectivity index (χ0) is 37.3. The summed E-state index contributed by atoms with van der Waals surface area (Å²) in [4.78, 5) is 76.0. The van der Waals surface area contributed by atoms with Gasteiger partial charge < -0.3 is 20.3 Å². The normalized spacial score (nSPS) is 34.5. The topological polar surface area (TPSA) is 147 Å². The van der Waals surface area contributed by atoms with E-state index in [0.717, 1.165) is 58.0 Å². The minimum absolute atomic E-state index is 0.00815. The molecule has 4 bridgehead atoms. The smallest absolute Gasteiger partial charge is 0.314 e. The van der Waals surface area contributed by atoms with Crippen LogP contribution in [-0.4, -0.2) is 74.4 Å². The largest absolute Gasteiger partial charge is 0.393 e. The molecule has 4 aliphatic heterocycles. The van der Waals surface area contributed by atoms with Crippen molar-refractivity contribution in [3.05, 3.63) is 70.8 Å². The van der Waals surface area contributed by atoms with Gasteiger partial charge in [0.15, 0.2) is 0 Å². The van der Waals surface area contributed by atoms with Crippen LogP contribution in [0, 0.1) is 24.7 Å². The van der Waals surface area contributed by atoms with E-state index in [-0.39, 0.29) is 64.6 Å². The highest BCUT2D eigenvalue weighted by atomic mass is 16.6. The number of ether oxygens (including phenoxy) is 1. The molecular weight excluding hydrogens is 672 g/mol. The van der Waals surface area contributed by atoms with Gasteiger partial charge in [-0.3, -0.25) is 33.7 Å². The van der Waals surface area contributed by atoms with Crippen molar-refractivity contribution >= 4 is 35.6 Å². The van der Waals surface area contributed by atoms with E-state index >= 15 is 0 Å². The first-order chi connectivity index (χ1) is 25.2. The Labute approximate surface area is 310 Å². The van der Waals surface area contributed by atoms with Crippen molar-refractivity contribution in [2.24, 2.45) is 16.6 Å². The number of nitrogens with zero attached hydrogens (tertiary/aromatic N) is 3. The summed E-state index contributed by atoms with van der Waals surface area (Å²) in [6.07, 6.45) is 10.2. The lowest BCUT2D eigenvalue weighted by atomic mass is 9.38. The molecule has 0 radical (unpaired) electrons. The highest BCUT2D eigenvalue weighted by Crippen LogP contribution is 2.71. The predicted molar refractivity (Wildman–Crippen MR) is 193 cm³/mol. The lowest BCUT2D eigenvalue weighted by molar-refractivity contribution is -0.223. The molecule has 4 amide bonds. The third kappa shape index (κ3) is 6.09. The summed E-state index contributed by atoms with van der Waals surface area (Å²) in [5.41, 5.74) is 10.4. The van der Waals surface area contributed by atoms with Crippen LogP contribution in [0.3, 0.4) is 0 Å². The van der Waals surface area contributed by atoms with E-state index in [1.165, 1.54) is 27.2 Å². The second-order valence-corrected chi connectivity index (χ2v) is 17.3. The Hall–Kier alpha value is -4.38. The van der Waals surface area contributed by atoms with Gasteiger partial charge in [0.25, 0.3) is 0 Å². The number of nitrogens with two attached hydrogens (primary N) is 1. The first-order valence-electron chi connectivity index (χ1n) is 19.4. The van der Waals surface area contributed by atoms with Crippen molar-refractivity contribution in [1.82, 2.24) is 14.7 Å². The highest BCUT2D eigenvalue weighted by molar-refractivity contribution is 6.04. The second-order valence-electron chi connectivity index (χ2n) is 17.3. The molecule has 0 spiro atoms.